The Labute approximate surface area is 97.6 Å². The Morgan fingerprint density at radius 3 is 2.88 bits per heavy atom. The molecule has 1 aliphatic rings. The van der Waals surface area contributed by atoms with Crippen molar-refractivity contribution in [3.05, 3.63) is 11.1 Å². The van der Waals surface area contributed by atoms with Gasteiger partial charge >= 0.3 is 6.09 Å². The van der Waals surface area contributed by atoms with E-state index in [4.69, 9.17) is 16.3 Å². The van der Waals surface area contributed by atoms with Crippen LogP contribution in [-0.2, 0) is 4.74 Å². The molecule has 1 aliphatic heterocycles. The Hall–Kier alpha value is -1.43. The molecule has 2 heterocycles. The maximum absolute atomic E-state index is 11.5. The number of hydrogen-bond donors (Lipinski definition) is 0. The summed E-state index contributed by atoms with van der Waals surface area (Å²) >= 11 is 5.73. The molecule has 0 aromatic carbocycles. The smallest absolute Gasteiger partial charge is 0.417 e. The van der Waals surface area contributed by atoms with Gasteiger partial charge in [-0.15, -0.1) is 0 Å². The summed E-state index contributed by atoms with van der Waals surface area (Å²) in [7, 11) is 0. The zero-order chi connectivity index (χ0) is 11.7. The van der Waals surface area contributed by atoms with Crippen LogP contribution in [0.2, 0.25) is 5.28 Å². The number of amides is 1. The first kappa shape index (κ1) is 11.1. The van der Waals surface area contributed by atoms with E-state index < -0.39 is 6.09 Å². The van der Waals surface area contributed by atoms with Crippen LogP contribution in [0, 0.1) is 6.92 Å². The molecule has 1 fully saturated rings. The Morgan fingerprint density at radius 1 is 1.50 bits per heavy atom. The van der Waals surface area contributed by atoms with Gasteiger partial charge in [0.25, 0.3) is 0 Å². The molecule has 0 N–H and O–H groups in total. The second-order valence-corrected chi connectivity index (χ2v) is 3.80. The lowest BCUT2D eigenvalue weighted by atomic mass is 10.2. The van der Waals surface area contributed by atoms with Crippen LogP contribution in [-0.4, -0.2) is 33.7 Å². The number of anilines is 1. The molecule has 0 saturated carbocycles. The number of aryl methyl sites for hydroxylation is 1. The molecule has 0 radical (unpaired) electrons. The van der Waals surface area contributed by atoms with Crippen LogP contribution >= 0.6 is 11.6 Å². The van der Waals surface area contributed by atoms with Gasteiger partial charge in [0.05, 0.1) is 6.04 Å². The molecule has 0 spiro atoms. The first-order valence-corrected chi connectivity index (χ1v) is 5.33. The summed E-state index contributed by atoms with van der Waals surface area (Å²) in [5, 5.41) is 0.0806. The summed E-state index contributed by atoms with van der Waals surface area (Å²) in [4.78, 5) is 24.8. The quantitative estimate of drug-likeness (QED) is 0.787. The maximum Gasteiger partial charge on any atom is 0.417 e. The van der Waals surface area contributed by atoms with Crippen molar-refractivity contribution in [2.24, 2.45) is 0 Å². The normalized spacial score (nSPS) is 20.1. The van der Waals surface area contributed by atoms with Crippen LogP contribution in [0.25, 0.3) is 0 Å². The van der Waals surface area contributed by atoms with Crippen molar-refractivity contribution in [3.63, 3.8) is 0 Å². The third kappa shape index (κ3) is 1.92. The largest absolute Gasteiger partial charge is 0.447 e. The van der Waals surface area contributed by atoms with E-state index in [0.717, 1.165) is 6.42 Å². The first-order chi connectivity index (χ1) is 7.61. The number of nitrogens with zero attached hydrogens (tertiary/aromatic N) is 4. The summed E-state index contributed by atoms with van der Waals surface area (Å²) in [6.07, 6.45) is 0.335. The summed E-state index contributed by atoms with van der Waals surface area (Å²) < 4.78 is 4.95. The van der Waals surface area contributed by atoms with E-state index in [1.807, 2.05) is 6.92 Å². The molecule has 7 heteroatoms. The highest BCUT2D eigenvalue weighted by Gasteiger charge is 2.35. The third-order valence-corrected chi connectivity index (χ3v) is 2.52. The monoisotopic (exact) mass is 242 g/mol. The SMILES string of the molecule is CCC1COC(=O)N1c1nc(C)nc(Cl)n1. The van der Waals surface area contributed by atoms with E-state index in [2.05, 4.69) is 15.0 Å². The first-order valence-electron chi connectivity index (χ1n) is 4.96. The zero-order valence-corrected chi connectivity index (χ0v) is 9.73. The number of carbonyl (C=O) groups is 1. The minimum Gasteiger partial charge on any atom is -0.447 e. The Kier molecular flexibility index (Phi) is 2.91. The molecular weight excluding hydrogens is 232 g/mol. The molecule has 86 valence electrons. The minimum atomic E-state index is -0.437. The van der Waals surface area contributed by atoms with Crippen LogP contribution in [0.1, 0.15) is 19.2 Å². The van der Waals surface area contributed by atoms with Crippen molar-refractivity contribution in [2.75, 3.05) is 11.5 Å². The van der Waals surface area contributed by atoms with Crippen LogP contribution in [0.3, 0.4) is 0 Å². The highest BCUT2D eigenvalue weighted by atomic mass is 35.5. The van der Waals surface area contributed by atoms with Gasteiger partial charge in [-0.25, -0.2) is 14.7 Å². The topological polar surface area (TPSA) is 68.2 Å². The van der Waals surface area contributed by atoms with Crippen molar-refractivity contribution in [2.45, 2.75) is 26.3 Å². The molecular formula is C9H11ClN4O2. The number of cyclic esters (lactones) is 1. The van der Waals surface area contributed by atoms with Crippen molar-refractivity contribution >= 4 is 23.6 Å². The average molecular weight is 243 g/mol. The highest BCUT2D eigenvalue weighted by Crippen LogP contribution is 2.21. The van der Waals surface area contributed by atoms with E-state index in [0.29, 0.717) is 12.4 Å². The van der Waals surface area contributed by atoms with Gasteiger partial charge in [0.15, 0.2) is 0 Å². The molecule has 0 bridgehead atoms. The summed E-state index contributed by atoms with van der Waals surface area (Å²) in [6.45, 7) is 4.02. The van der Waals surface area contributed by atoms with E-state index in [9.17, 15) is 4.79 Å². The van der Waals surface area contributed by atoms with Crippen LogP contribution < -0.4 is 4.90 Å². The third-order valence-electron chi connectivity index (χ3n) is 2.36. The summed E-state index contributed by atoms with van der Waals surface area (Å²) in [5.74, 6) is 0.733. The standard InChI is InChI=1S/C9H11ClN4O2/c1-3-6-4-16-9(15)14(6)8-12-5(2)11-7(10)13-8/h6H,3-4H2,1-2H3. The number of aromatic nitrogens is 3. The Balaban J connectivity index is 2.38. The van der Waals surface area contributed by atoms with Crippen molar-refractivity contribution in [1.29, 1.82) is 0 Å². The van der Waals surface area contributed by atoms with Gasteiger partial charge in [0.2, 0.25) is 11.2 Å². The molecule has 2 rings (SSSR count). The summed E-state index contributed by atoms with van der Waals surface area (Å²) in [5.41, 5.74) is 0. The van der Waals surface area contributed by atoms with Crippen molar-refractivity contribution in [1.82, 2.24) is 15.0 Å². The van der Waals surface area contributed by atoms with Gasteiger partial charge in [0, 0.05) is 0 Å². The van der Waals surface area contributed by atoms with Crippen LogP contribution in [0.5, 0.6) is 0 Å². The van der Waals surface area contributed by atoms with Gasteiger partial charge in [-0.1, -0.05) is 6.92 Å². The lowest BCUT2D eigenvalue weighted by molar-refractivity contribution is 0.178. The molecule has 1 amide bonds. The predicted octanol–water partition coefficient (Wildman–Crippen LogP) is 1.57. The number of carbonyl (C=O) groups excluding carboxylic acids is 1. The number of rotatable bonds is 2. The number of halogens is 1. The Morgan fingerprint density at radius 2 is 2.25 bits per heavy atom. The lowest BCUT2D eigenvalue weighted by Crippen LogP contribution is -2.34. The zero-order valence-electron chi connectivity index (χ0n) is 8.97. The van der Waals surface area contributed by atoms with Crippen LogP contribution in [0.15, 0.2) is 0 Å². The second kappa shape index (κ2) is 4.21. The van der Waals surface area contributed by atoms with Crippen LogP contribution in [0.4, 0.5) is 10.7 Å². The van der Waals surface area contributed by atoms with E-state index >= 15 is 0 Å². The molecule has 1 saturated heterocycles. The lowest BCUT2D eigenvalue weighted by Gasteiger charge is -2.17. The van der Waals surface area contributed by atoms with Crippen molar-refractivity contribution in [3.8, 4) is 0 Å². The van der Waals surface area contributed by atoms with Gasteiger partial charge in [-0.05, 0) is 24.9 Å². The maximum atomic E-state index is 11.5. The minimum absolute atomic E-state index is 0.0367. The van der Waals surface area contributed by atoms with Crippen molar-refractivity contribution < 1.29 is 9.53 Å². The molecule has 1 aromatic rings. The van der Waals surface area contributed by atoms with E-state index in [1.165, 1.54) is 4.90 Å². The van der Waals surface area contributed by atoms with Gasteiger partial charge in [0.1, 0.15) is 12.4 Å². The molecule has 6 nitrogen and oxygen atoms in total. The average Bonchev–Trinajstić information content (AvgIpc) is 2.58. The molecule has 0 aliphatic carbocycles. The molecule has 1 atom stereocenters. The van der Waals surface area contributed by atoms with Gasteiger partial charge in [-0.3, -0.25) is 0 Å². The van der Waals surface area contributed by atoms with E-state index in [1.54, 1.807) is 6.92 Å². The fourth-order valence-corrected chi connectivity index (χ4v) is 1.75. The Bertz CT molecular complexity index is 406. The van der Waals surface area contributed by atoms with Gasteiger partial charge in [-0.2, -0.15) is 9.97 Å². The number of hydrogen-bond acceptors (Lipinski definition) is 5. The van der Waals surface area contributed by atoms with E-state index in [-0.39, 0.29) is 17.3 Å². The highest BCUT2D eigenvalue weighted by molar-refractivity contribution is 6.28. The molecule has 1 aromatic heterocycles. The van der Waals surface area contributed by atoms with Gasteiger partial charge < -0.3 is 4.74 Å². The summed E-state index contributed by atoms with van der Waals surface area (Å²) in [6, 6.07) is -0.0367. The predicted molar refractivity (Wildman–Crippen MR) is 57.5 cm³/mol. The molecule has 16 heavy (non-hydrogen) atoms. The fourth-order valence-electron chi connectivity index (χ4n) is 1.55. The second-order valence-electron chi connectivity index (χ2n) is 3.46. The fraction of sp³-hybridized carbons (Fsp3) is 0.556. The number of ether oxygens (including phenoxy) is 1. The molecule has 1 unspecified atom stereocenters.